The standard InChI is InChI=1S/C10H21FO/c1-4-5-6-9(8(2)3)10(12)7-11/h8-10,12H,4-7H2,1-3H3/t9-,10?/m0/s1. The first kappa shape index (κ1) is 11.9. The van der Waals surface area contributed by atoms with Gasteiger partial charge in [0.15, 0.2) is 0 Å². The van der Waals surface area contributed by atoms with Gasteiger partial charge in [0.25, 0.3) is 0 Å². The van der Waals surface area contributed by atoms with Crippen LogP contribution >= 0.6 is 0 Å². The van der Waals surface area contributed by atoms with Gasteiger partial charge < -0.3 is 5.11 Å². The van der Waals surface area contributed by atoms with Gasteiger partial charge in [-0.3, -0.25) is 0 Å². The molecular weight excluding hydrogens is 155 g/mol. The van der Waals surface area contributed by atoms with Crippen molar-refractivity contribution < 1.29 is 9.50 Å². The molecular formula is C10H21FO. The van der Waals surface area contributed by atoms with Gasteiger partial charge in [-0.25, -0.2) is 4.39 Å². The van der Waals surface area contributed by atoms with Crippen molar-refractivity contribution in [2.24, 2.45) is 11.8 Å². The molecule has 0 bridgehead atoms. The summed E-state index contributed by atoms with van der Waals surface area (Å²) in [6.07, 6.45) is 2.39. The molecule has 0 radical (unpaired) electrons. The van der Waals surface area contributed by atoms with Crippen molar-refractivity contribution in [2.45, 2.75) is 46.1 Å². The van der Waals surface area contributed by atoms with E-state index in [4.69, 9.17) is 0 Å². The summed E-state index contributed by atoms with van der Waals surface area (Å²) >= 11 is 0. The van der Waals surface area contributed by atoms with E-state index in [1.165, 1.54) is 0 Å². The highest BCUT2D eigenvalue weighted by Gasteiger charge is 2.21. The highest BCUT2D eigenvalue weighted by Crippen LogP contribution is 2.22. The Balaban J connectivity index is 3.85. The first-order valence-electron chi connectivity index (χ1n) is 4.87. The first-order valence-corrected chi connectivity index (χ1v) is 4.87. The molecule has 0 heterocycles. The summed E-state index contributed by atoms with van der Waals surface area (Å²) in [6, 6.07) is 0. The van der Waals surface area contributed by atoms with Crippen LogP contribution in [0.4, 0.5) is 4.39 Å². The lowest BCUT2D eigenvalue weighted by Crippen LogP contribution is -2.26. The Kier molecular flexibility index (Phi) is 6.35. The van der Waals surface area contributed by atoms with Gasteiger partial charge in [0, 0.05) is 0 Å². The van der Waals surface area contributed by atoms with Crippen LogP contribution in [0.25, 0.3) is 0 Å². The van der Waals surface area contributed by atoms with Crippen molar-refractivity contribution in [1.82, 2.24) is 0 Å². The summed E-state index contributed by atoms with van der Waals surface area (Å²) in [5.41, 5.74) is 0. The number of hydrogen-bond donors (Lipinski definition) is 1. The number of halogens is 1. The molecule has 1 unspecified atom stereocenters. The maximum atomic E-state index is 12.2. The third-order valence-corrected chi connectivity index (χ3v) is 2.40. The molecule has 0 aromatic carbocycles. The molecule has 0 rings (SSSR count). The second-order valence-corrected chi connectivity index (χ2v) is 3.77. The van der Waals surface area contributed by atoms with E-state index >= 15 is 0 Å². The maximum Gasteiger partial charge on any atom is 0.116 e. The van der Waals surface area contributed by atoms with E-state index in [-0.39, 0.29) is 5.92 Å². The molecule has 0 aliphatic heterocycles. The molecule has 0 fully saturated rings. The third-order valence-electron chi connectivity index (χ3n) is 2.40. The molecule has 2 atom stereocenters. The molecule has 0 aromatic rings. The Morgan fingerprint density at radius 2 is 1.92 bits per heavy atom. The summed E-state index contributed by atoms with van der Waals surface area (Å²) in [4.78, 5) is 0. The molecule has 0 aromatic heterocycles. The third kappa shape index (κ3) is 4.05. The van der Waals surface area contributed by atoms with Crippen molar-refractivity contribution in [3.05, 3.63) is 0 Å². The van der Waals surface area contributed by atoms with E-state index in [1.54, 1.807) is 0 Å². The minimum absolute atomic E-state index is 0.134. The monoisotopic (exact) mass is 176 g/mol. The highest BCUT2D eigenvalue weighted by atomic mass is 19.1. The molecule has 0 spiro atoms. The second kappa shape index (κ2) is 6.41. The van der Waals surface area contributed by atoms with Crippen LogP contribution in [0.3, 0.4) is 0 Å². The number of aliphatic hydroxyl groups excluding tert-OH is 1. The molecule has 2 heteroatoms. The van der Waals surface area contributed by atoms with E-state index in [2.05, 4.69) is 6.92 Å². The van der Waals surface area contributed by atoms with Gasteiger partial charge in [0.05, 0.1) is 6.10 Å². The quantitative estimate of drug-likeness (QED) is 0.659. The SMILES string of the molecule is CCCC[C@@H](C(C)C)C(O)CF. The van der Waals surface area contributed by atoms with Crippen LogP contribution < -0.4 is 0 Å². The van der Waals surface area contributed by atoms with Gasteiger partial charge >= 0.3 is 0 Å². The van der Waals surface area contributed by atoms with Crippen LogP contribution in [0.5, 0.6) is 0 Å². The van der Waals surface area contributed by atoms with Crippen molar-refractivity contribution in [3.63, 3.8) is 0 Å². The average molecular weight is 176 g/mol. The van der Waals surface area contributed by atoms with E-state index in [1.807, 2.05) is 13.8 Å². The van der Waals surface area contributed by atoms with Crippen molar-refractivity contribution in [1.29, 1.82) is 0 Å². The van der Waals surface area contributed by atoms with Crippen LogP contribution in [0, 0.1) is 11.8 Å². The number of aliphatic hydroxyl groups is 1. The minimum Gasteiger partial charge on any atom is -0.390 e. The Labute approximate surface area is 75.0 Å². The predicted octanol–water partition coefficient (Wildman–Crippen LogP) is 2.78. The van der Waals surface area contributed by atoms with Crippen LogP contribution in [0.15, 0.2) is 0 Å². The molecule has 1 nitrogen and oxygen atoms in total. The Bertz CT molecular complexity index is 104. The number of hydrogen-bond acceptors (Lipinski definition) is 1. The van der Waals surface area contributed by atoms with Crippen molar-refractivity contribution in [2.75, 3.05) is 6.67 Å². The Morgan fingerprint density at radius 3 is 2.25 bits per heavy atom. The van der Waals surface area contributed by atoms with Gasteiger partial charge in [-0.2, -0.15) is 0 Å². The lowest BCUT2D eigenvalue weighted by molar-refractivity contribution is 0.0525. The summed E-state index contributed by atoms with van der Waals surface area (Å²) in [5.74, 6) is 0.511. The largest absolute Gasteiger partial charge is 0.390 e. The number of alkyl halides is 1. The molecule has 1 N–H and O–H groups in total. The lowest BCUT2D eigenvalue weighted by Gasteiger charge is -2.24. The van der Waals surface area contributed by atoms with E-state index < -0.39 is 12.8 Å². The fourth-order valence-electron chi connectivity index (χ4n) is 1.52. The molecule has 0 saturated heterocycles. The number of unbranched alkanes of at least 4 members (excludes halogenated alkanes) is 1. The van der Waals surface area contributed by atoms with Crippen molar-refractivity contribution >= 4 is 0 Å². The van der Waals surface area contributed by atoms with Crippen LogP contribution in [-0.2, 0) is 0 Å². The van der Waals surface area contributed by atoms with Crippen LogP contribution in [0.2, 0.25) is 0 Å². The molecule has 74 valence electrons. The van der Waals surface area contributed by atoms with E-state index in [9.17, 15) is 9.50 Å². The van der Waals surface area contributed by atoms with Gasteiger partial charge in [-0.15, -0.1) is 0 Å². The highest BCUT2D eigenvalue weighted by molar-refractivity contribution is 4.71. The van der Waals surface area contributed by atoms with E-state index in [0.29, 0.717) is 5.92 Å². The Hall–Kier alpha value is -0.110. The topological polar surface area (TPSA) is 20.2 Å². The van der Waals surface area contributed by atoms with Gasteiger partial charge in [-0.1, -0.05) is 33.6 Å². The first-order chi connectivity index (χ1) is 5.63. The van der Waals surface area contributed by atoms with Gasteiger partial charge in [0.1, 0.15) is 6.67 Å². The number of rotatable bonds is 6. The summed E-state index contributed by atoms with van der Waals surface area (Å²) in [6.45, 7) is 5.59. The van der Waals surface area contributed by atoms with Gasteiger partial charge in [0.2, 0.25) is 0 Å². The fraction of sp³-hybridized carbons (Fsp3) is 1.00. The zero-order chi connectivity index (χ0) is 9.56. The normalized spacial score (nSPS) is 16.5. The van der Waals surface area contributed by atoms with Crippen LogP contribution in [-0.4, -0.2) is 17.9 Å². The molecule has 12 heavy (non-hydrogen) atoms. The second-order valence-electron chi connectivity index (χ2n) is 3.77. The predicted molar refractivity (Wildman–Crippen MR) is 49.8 cm³/mol. The Morgan fingerprint density at radius 1 is 1.33 bits per heavy atom. The molecule has 0 aliphatic carbocycles. The van der Waals surface area contributed by atoms with Crippen LogP contribution in [0.1, 0.15) is 40.0 Å². The molecule has 0 amide bonds. The minimum atomic E-state index is -0.753. The lowest BCUT2D eigenvalue weighted by atomic mass is 9.86. The smallest absolute Gasteiger partial charge is 0.116 e. The summed E-state index contributed by atoms with van der Waals surface area (Å²) in [7, 11) is 0. The average Bonchev–Trinajstić information content (AvgIpc) is 2.04. The van der Waals surface area contributed by atoms with Gasteiger partial charge in [-0.05, 0) is 18.3 Å². The maximum absolute atomic E-state index is 12.2. The summed E-state index contributed by atoms with van der Waals surface area (Å²) < 4.78 is 12.2. The van der Waals surface area contributed by atoms with Crippen molar-refractivity contribution in [3.8, 4) is 0 Å². The zero-order valence-electron chi connectivity index (χ0n) is 8.39. The summed E-state index contributed by atoms with van der Waals surface area (Å²) in [5, 5.41) is 9.34. The van der Waals surface area contributed by atoms with E-state index in [0.717, 1.165) is 19.3 Å². The molecule has 0 saturated carbocycles. The fourth-order valence-corrected chi connectivity index (χ4v) is 1.52. The zero-order valence-corrected chi connectivity index (χ0v) is 8.39. The molecule has 0 aliphatic rings.